The van der Waals surface area contributed by atoms with Crippen molar-refractivity contribution in [2.75, 3.05) is 37.4 Å². The zero-order chi connectivity index (χ0) is 23.6. The summed E-state index contributed by atoms with van der Waals surface area (Å²) in [7, 11) is -0.590. The number of oxazole rings is 1. The molecule has 4 rings (SSSR count). The number of carbonyl (C=O) groups excluding carboxylic acids is 1. The van der Waals surface area contributed by atoms with Gasteiger partial charge in [-0.25, -0.2) is 12.7 Å². The number of hydrogen-bond acceptors (Lipinski definition) is 8. The number of benzene rings is 1. The summed E-state index contributed by atoms with van der Waals surface area (Å²) in [6, 6.07) is 11.6. The Morgan fingerprint density at radius 3 is 2.48 bits per heavy atom. The number of nitrogens with zero attached hydrogens (tertiary/aromatic N) is 4. The Labute approximate surface area is 191 Å². The summed E-state index contributed by atoms with van der Waals surface area (Å²) in [5.74, 6) is 0.708. The van der Waals surface area contributed by atoms with Crippen LogP contribution in [-0.4, -0.2) is 50.8 Å². The Balaban J connectivity index is 1.38. The fourth-order valence-corrected chi connectivity index (χ4v) is 4.52. The first kappa shape index (κ1) is 22.6. The van der Waals surface area contributed by atoms with Gasteiger partial charge in [0, 0.05) is 38.8 Å². The maximum Gasteiger partial charge on any atom is 0.266 e. The third-order valence-corrected chi connectivity index (χ3v) is 7.33. The molecule has 0 aliphatic carbocycles. The molecule has 1 amide bonds. The molecular formula is C22H23N5O5S. The molecule has 33 heavy (non-hydrogen) atoms. The molecule has 11 heteroatoms. The third kappa shape index (κ3) is 4.62. The fourth-order valence-electron chi connectivity index (χ4n) is 3.62. The van der Waals surface area contributed by atoms with Gasteiger partial charge in [0.25, 0.3) is 5.89 Å². The molecule has 172 valence electrons. The van der Waals surface area contributed by atoms with Crippen LogP contribution in [0.2, 0.25) is 0 Å². The van der Waals surface area contributed by atoms with Crippen molar-refractivity contribution in [3.8, 4) is 17.7 Å². The molecule has 1 aliphatic heterocycles. The molecule has 0 unspecified atom stereocenters. The van der Waals surface area contributed by atoms with Gasteiger partial charge < -0.3 is 19.1 Å². The summed E-state index contributed by atoms with van der Waals surface area (Å²) in [4.78, 5) is 19.0. The van der Waals surface area contributed by atoms with Crippen LogP contribution in [-0.2, 0) is 14.8 Å². The first-order valence-corrected chi connectivity index (χ1v) is 11.8. The quantitative estimate of drug-likeness (QED) is 0.583. The van der Waals surface area contributed by atoms with Crippen molar-refractivity contribution in [3.63, 3.8) is 0 Å². The summed E-state index contributed by atoms with van der Waals surface area (Å²) < 4.78 is 36.6. The maximum atomic E-state index is 12.7. The summed E-state index contributed by atoms with van der Waals surface area (Å²) >= 11 is 0. The van der Waals surface area contributed by atoms with Crippen LogP contribution < -0.4 is 10.2 Å². The molecule has 1 saturated heterocycles. The van der Waals surface area contributed by atoms with Crippen LogP contribution in [0, 0.1) is 17.2 Å². The van der Waals surface area contributed by atoms with Crippen LogP contribution in [0.3, 0.4) is 0 Å². The normalized spacial score (nSPS) is 14.9. The molecule has 3 heterocycles. The van der Waals surface area contributed by atoms with E-state index in [0.717, 1.165) is 4.31 Å². The van der Waals surface area contributed by atoms with E-state index in [9.17, 15) is 18.5 Å². The molecule has 1 aromatic carbocycles. The number of carbonyl (C=O) groups is 1. The molecule has 1 N–H and O–H groups in total. The summed E-state index contributed by atoms with van der Waals surface area (Å²) in [6.45, 7) is 1.05. The number of aromatic nitrogens is 1. The zero-order valence-corrected chi connectivity index (χ0v) is 19.0. The first-order chi connectivity index (χ1) is 15.8. The second-order valence-corrected chi connectivity index (χ2v) is 9.98. The van der Waals surface area contributed by atoms with Crippen molar-refractivity contribution in [2.24, 2.45) is 5.92 Å². The topological polar surface area (TPSA) is 133 Å². The van der Waals surface area contributed by atoms with E-state index >= 15 is 0 Å². The Bertz CT molecular complexity index is 1270. The summed E-state index contributed by atoms with van der Waals surface area (Å²) in [5, 5.41) is 12.3. The molecule has 0 spiro atoms. The number of anilines is 2. The van der Waals surface area contributed by atoms with E-state index in [1.165, 1.54) is 32.5 Å². The van der Waals surface area contributed by atoms with Crippen molar-refractivity contribution >= 4 is 27.5 Å². The van der Waals surface area contributed by atoms with Crippen LogP contribution in [0.15, 0.2) is 56.4 Å². The van der Waals surface area contributed by atoms with E-state index < -0.39 is 10.0 Å². The van der Waals surface area contributed by atoms with Gasteiger partial charge in [-0.1, -0.05) is 0 Å². The summed E-state index contributed by atoms with van der Waals surface area (Å²) in [5.41, 5.74) is 0.710. The van der Waals surface area contributed by atoms with E-state index in [0.29, 0.717) is 43.3 Å². The van der Waals surface area contributed by atoms with Crippen LogP contribution in [0.5, 0.6) is 0 Å². The van der Waals surface area contributed by atoms with Crippen LogP contribution in [0.1, 0.15) is 18.5 Å². The van der Waals surface area contributed by atoms with Gasteiger partial charge in [-0.05, 0) is 49.2 Å². The predicted octanol–water partition coefficient (Wildman–Crippen LogP) is 2.91. The SMILES string of the molecule is CN(C)S(=O)(=O)c1ccc(NC(=O)C2CCN(c3oc(-c4ccco4)nc3C#N)CC2)cc1. The van der Waals surface area contributed by atoms with E-state index in [4.69, 9.17) is 8.83 Å². The molecule has 10 nitrogen and oxygen atoms in total. The highest BCUT2D eigenvalue weighted by atomic mass is 32.2. The molecule has 3 aromatic rings. The Hall–Kier alpha value is -3.62. The first-order valence-electron chi connectivity index (χ1n) is 10.3. The van der Waals surface area contributed by atoms with Gasteiger partial charge >= 0.3 is 0 Å². The lowest BCUT2D eigenvalue weighted by Gasteiger charge is -2.31. The van der Waals surface area contributed by atoms with E-state index in [1.54, 1.807) is 24.3 Å². The number of piperidine rings is 1. The number of sulfonamides is 1. The van der Waals surface area contributed by atoms with Gasteiger partial charge in [0.1, 0.15) is 6.07 Å². The van der Waals surface area contributed by atoms with Crippen molar-refractivity contribution < 1.29 is 22.0 Å². The van der Waals surface area contributed by atoms with Gasteiger partial charge in [-0.15, -0.1) is 0 Å². The van der Waals surface area contributed by atoms with Crippen molar-refractivity contribution in [3.05, 3.63) is 48.4 Å². The smallest absolute Gasteiger partial charge is 0.266 e. The molecule has 0 bridgehead atoms. The average Bonchev–Trinajstić information content (AvgIpc) is 3.49. The number of hydrogen-bond donors (Lipinski definition) is 1. The lowest BCUT2D eigenvalue weighted by molar-refractivity contribution is -0.120. The van der Waals surface area contributed by atoms with Gasteiger partial charge in [0.05, 0.1) is 11.2 Å². The van der Waals surface area contributed by atoms with E-state index in [2.05, 4.69) is 16.4 Å². The predicted molar refractivity (Wildman–Crippen MR) is 120 cm³/mol. The minimum atomic E-state index is -3.52. The van der Waals surface area contributed by atoms with Crippen molar-refractivity contribution in [1.29, 1.82) is 5.26 Å². The maximum absolute atomic E-state index is 12.7. The average molecular weight is 470 g/mol. The second-order valence-electron chi connectivity index (χ2n) is 7.82. The number of amides is 1. The van der Waals surface area contributed by atoms with E-state index in [-0.39, 0.29) is 28.3 Å². The number of furan rings is 1. The van der Waals surface area contributed by atoms with Gasteiger partial charge in [0.2, 0.25) is 27.5 Å². The molecule has 1 aliphatic rings. The van der Waals surface area contributed by atoms with Crippen molar-refractivity contribution in [2.45, 2.75) is 17.7 Å². The Morgan fingerprint density at radius 1 is 1.21 bits per heavy atom. The number of nitrogens with one attached hydrogen (secondary N) is 1. The molecular weight excluding hydrogens is 446 g/mol. The minimum Gasteiger partial charge on any atom is -0.459 e. The molecule has 0 saturated carbocycles. The molecule has 0 radical (unpaired) electrons. The lowest BCUT2D eigenvalue weighted by atomic mass is 9.96. The standard InChI is InChI=1S/C22H23N5O5S/c1-26(2)33(29,30)17-7-5-16(6-8-17)24-20(28)15-9-11-27(12-10-15)22-18(14-23)25-21(32-22)19-4-3-13-31-19/h3-8,13,15H,9-12H2,1-2H3,(H,24,28). The third-order valence-electron chi connectivity index (χ3n) is 5.50. The number of nitriles is 1. The zero-order valence-electron chi connectivity index (χ0n) is 18.2. The largest absolute Gasteiger partial charge is 0.459 e. The van der Waals surface area contributed by atoms with Crippen LogP contribution in [0.25, 0.3) is 11.7 Å². The Kier molecular flexibility index (Phi) is 6.22. The van der Waals surface area contributed by atoms with Gasteiger partial charge in [-0.3, -0.25) is 4.79 Å². The molecule has 2 aromatic heterocycles. The molecule has 0 atom stereocenters. The number of rotatable bonds is 6. The highest BCUT2D eigenvalue weighted by Gasteiger charge is 2.29. The van der Waals surface area contributed by atoms with Gasteiger partial charge in [0.15, 0.2) is 5.76 Å². The van der Waals surface area contributed by atoms with Crippen molar-refractivity contribution in [1.82, 2.24) is 9.29 Å². The lowest BCUT2D eigenvalue weighted by Crippen LogP contribution is -2.38. The van der Waals surface area contributed by atoms with Crippen LogP contribution in [0.4, 0.5) is 11.6 Å². The van der Waals surface area contributed by atoms with E-state index in [1.807, 2.05) is 4.90 Å². The highest BCUT2D eigenvalue weighted by molar-refractivity contribution is 7.89. The van der Waals surface area contributed by atoms with Crippen LogP contribution >= 0.6 is 0 Å². The molecule has 1 fully saturated rings. The highest BCUT2D eigenvalue weighted by Crippen LogP contribution is 2.31. The second kappa shape index (κ2) is 9.09. The summed E-state index contributed by atoms with van der Waals surface area (Å²) in [6.07, 6.45) is 2.64. The van der Waals surface area contributed by atoms with Gasteiger partial charge in [-0.2, -0.15) is 10.2 Å². The monoisotopic (exact) mass is 469 g/mol. The fraction of sp³-hybridized carbons (Fsp3) is 0.318. The minimum absolute atomic E-state index is 0.132. The Morgan fingerprint density at radius 2 is 1.91 bits per heavy atom.